The first-order valence-corrected chi connectivity index (χ1v) is 13.2. The smallest absolute Gasteiger partial charge is 0.346 e. The van der Waals surface area contributed by atoms with E-state index in [1.807, 2.05) is 20.8 Å². The number of esters is 2. The SMILES string of the molecule is COc1c(C(O)CC(C)C)ccc2c1C(=O)OCc1cc(C#N)cc(OC(=O)C3(C)C4CCC3CC4)c1O2. The Kier molecular flexibility index (Phi) is 6.83. The van der Waals surface area contributed by atoms with Gasteiger partial charge in [-0.1, -0.05) is 13.8 Å². The molecule has 1 unspecified atom stereocenters. The van der Waals surface area contributed by atoms with Gasteiger partial charge < -0.3 is 24.1 Å². The molecular formula is C30H33NO7. The van der Waals surface area contributed by atoms with Gasteiger partial charge in [0, 0.05) is 17.2 Å². The summed E-state index contributed by atoms with van der Waals surface area (Å²) in [6.45, 7) is 5.77. The van der Waals surface area contributed by atoms with Crippen LogP contribution in [0.1, 0.15) is 86.0 Å². The van der Waals surface area contributed by atoms with E-state index in [2.05, 4.69) is 6.07 Å². The van der Waals surface area contributed by atoms with Crippen molar-refractivity contribution in [1.29, 1.82) is 5.26 Å². The molecule has 0 radical (unpaired) electrons. The minimum Gasteiger partial charge on any atom is -0.495 e. The summed E-state index contributed by atoms with van der Waals surface area (Å²) < 4.78 is 23.4. The highest BCUT2D eigenvalue weighted by Gasteiger charge is 2.57. The van der Waals surface area contributed by atoms with Crippen LogP contribution in [-0.2, 0) is 16.1 Å². The Balaban J connectivity index is 1.57. The van der Waals surface area contributed by atoms with E-state index in [9.17, 15) is 20.0 Å². The van der Waals surface area contributed by atoms with E-state index in [4.69, 9.17) is 18.9 Å². The Morgan fingerprint density at radius 3 is 2.50 bits per heavy atom. The lowest BCUT2D eigenvalue weighted by Crippen LogP contribution is -2.36. The van der Waals surface area contributed by atoms with E-state index in [0.29, 0.717) is 17.5 Å². The van der Waals surface area contributed by atoms with Gasteiger partial charge in [0.25, 0.3) is 0 Å². The summed E-state index contributed by atoms with van der Waals surface area (Å²) in [5.74, 6) is 0.404. The standard InChI is InChI=1S/C30H33NO7/c1-16(2)11-22(32)21-9-10-23-25(27(21)35-4)28(33)36-15-18-12-17(14-31)13-24(26(18)37-23)38-29(34)30(3)19-5-6-20(30)8-7-19/h9-10,12-13,16,19-20,22,32H,5-8,11,15H2,1-4H3. The first kappa shape index (κ1) is 26.1. The van der Waals surface area contributed by atoms with Crippen LogP contribution < -0.4 is 14.2 Å². The van der Waals surface area contributed by atoms with Crippen LogP contribution in [0.3, 0.4) is 0 Å². The van der Waals surface area contributed by atoms with Gasteiger partial charge >= 0.3 is 11.9 Å². The average molecular weight is 520 g/mol. The normalized spacial score (nSPS) is 24.3. The topological polar surface area (TPSA) is 115 Å². The second-order valence-corrected chi connectivity index (χ2v) is 11.2. The summed E-state index contributed by atoms with van der Waals surface area (Å²) in [6, 6.07) is 8.37. The molecule has 0 aromatic heterocycles. The minimum absolute atomic E-state index is 0.0425. The number of aliphatic hydroxyl groups is 1. The number of methoxy groups -OCH3 is 1. The zero-order valence-corrected chi connectivity index (χ0v) is 22.2. The number of nitrogens with zero attached hydrogens (tertiary/aromatic N) is 1. The minimum atomic E-state index is -0.849. The van der Waals surface area contributed by atoms with Crippen LogP contribution >= 0.6 is 0 Å². The van der Waals surface area contributed by atoms with E-state index >= 15 is 0 Å². The Hall–Kier alpha value is -3.57. The van der Waals surface area contributed by atoms with Gasteiger partial charge in [0.1, 0.15) is 23.7 Å². The molecule has 1 aliphatic heterocycles. The summed E-state index contributed by atoms with van der Waals surface area (Å²) in [4.78, 5) is 26.7. The molecule has 1 N–H and O–H groups in total. The van der Waals surface area contributed by atoms with Crippen molar-refractivity contribution in [2.24, 2.45) is 23.2 Å². The zero-order valence-electron chi connectivity index (χ0n) is 22.2. The molecule has 1 atom stereocenters. The predicted molar refractivity (Wildman–Crippen MR) is 137 cm³/mol. The number of carbonyl (C=O) groups is 2. The maximum atomic E-state index is 13.5. The van der Waals surface area contributed by atoms with Crippen molar-refractivity contribution in [1.82, 2.24) is 0 Å². The fourth-order valence-electron chi connectivity index (χ4n) is 6.43. The van der Waals surface area contributed by atoms with Gasteiger partial charge in [0.05, 0.1) is 30.3 Å². The van der Waals surface area contributed by atoms with Crippen molar-refractivity contribution in [3.05, 3.63) is 46.5 Å². The molecule has 2 bridgehead atoms. The van der Waals surface area contributed by atoms with Crippen molar-refractivity contribution < 1.29 is 33.6 Å². The van der Waals surface area contributed by atoms with Gasteiger partial charge in [-0.3, -0.25) is 4.79 Å². The fraction of sp³-hybridized carbons (Fsp3) is 0.500. The van der Waals surface area contributed by atoms with Gasteiger partial charge in [-0.15, -0.1) is 0 Å². The summed E-state index contributed by atoms with van der Waals surface area (Å²) in [7, 11) is 1.42. The summed E-state index contributed by atoms with van der Waals surface area (Å²) in [5.41, 5.74) is 0.592. The van der Waals surface area contributed by atoms with Crippen molar-refractivity contribution in [3.63, 3.8) is 0 Å². The van der Waals surface area contributed by atoms with Crippen LogP contribution in [0, 0.1) is 34.5 Å². The quantitative estimate of drug-likeness (QED) is 0.374. The lowest BCUT2D eigenvalue weighted by molar-refractivity contribution is -0.147. The average Bonchev–Trinajstić information content (AvgIpc) is 3.39. The number of ether oxygens (including phenoxy) is 4. The molecule has 0 spiro atoms. The molecule has 2 aliphatic carbocycles. The van der Waals surface area contributed by atoms with Crippen molar-refractivity contribution >= 4 is 11.9 Å². The summed E-state index contributed by atoms with van der Waals surface area (Å²) >= 11 is 0. The Morgan fingerprint density at radius 1 is 1.21 bits per heavy atom. The Bertz CT molecular complexity index is 1300. The molecule has 0 amide bonds. The molecule has 2 aromatic rings. The highest BCUT2D eigenvalue weighted by atomic mass is 16.6. The molecular weight excluding hydrogens is 486 g/mol. The van der Waals surface area contributed by atoms with E-state index in [-0.39, 0.29) is 64.5 Å². The number of hydrogen-bond donors (Lipinski definition) is 1. The number of carbonyl (C=O) groups excluding carboxylic acids is 2. The first-order chi connectivity index (χ1) is 18.2. The third kappa shape index (κ3) is 4.29. The molecule has 0 saturated heterocycles. The number of fused-ring (bicyclic) bond motifs is 4. The molecule has 2 aromatic carbocycles. The highest BCUT2D eigenvalue weighted by molar-refractivity contribution is 5.97. The molecule has 3 aliphatic rings. The first-order valence-electron chi connectivity index (χ1n) is 13.2. The lowest BCUT2D eigenvalue weighted by atomic mass is 9.80. The van der Waals surface area contributed by atoms with Crippen LogP contribution in [0.2, 0.25) is 0 Å². The molecule has 1 heterocycles. The summed E-state index contributed by atoms with van der Waals surface area (Å²) in [6.07, 6.45) is 3.67. The molecule has 38 heavy (non-hydrogen) atoms. The number of cyclic esters (lactones) is 1. The van der Waals surface area contributed by atoms with Crippen molar-refractivity contribution in [2.45, 2.75) is 65.6 Å². The maximum Gasteiger partial charge on any atom is 0.346 e. The summed E-state index contributed by atoms with van der Waals surface area (Å²) in [5, 5.41) is 20.4. The van der Waals surface area contributed by atoms with E-state index in [1.165, 1.54) is 13.2 Å². The van der Waals surface area contributed by atoms with Gasteiger partial charge in [-0.25, -0.2) is 4.79 Å². The second kappa shape index (κ2) is 9.95. The lowest BCUT2D eigenvalue weighted by Gasteiger charge is -2.28. The number of benzene rings is 2. The molecule has 2 saturated carbocycles. The monoisotopic (exact) mass is 519 g/mol. The number of nitriles is 1. The molecule has 5 rings (SSSR count). The van der Waals surface area contributed by atoms with E-state index in [0.717, 1.165) is 25.7 Å². The van der Waals surface area contributed by atoms with Crippen molar-refractivity contribution in [2.75, 3.05) is 7.11 Å². The van der Waals surface area contributed by atoms with Crippen LogP contribution in [-0.4, -0.2) is 24.2 Å². The largest absolute Gasteiger partial charge is 0.495 e. The number of aliphatic hydroxyl groups excluding tert-OH is 1. The predicted octanol–water partition coefficient (Wildman–Crippen LogP) is 5.84. The van der Waals surface area contributed by atoms with Crippen molar-refractivity contribution in [3.8, 4) is 29.1 Å². The molecule has 2 fully saturated rings. The molecule has 200 valence electrons. The maximum absolute atomic E-state index is 13.5. The van der Waals surface area contributed by atoms with Gasteiger partial charge in [-0.05, 0) is 75.0 Å². The number of rotatable bonds is 6. The molecule has 8 nitrogen and oxygen atoms in total. The van der Waals surface area contributed by atoms with Gasteiger partial charge in [0.15, 0.2) is 11.5 Å². The Morgan fingerprint density at radius 2 is 1.89 bits per heavy atom. The van der Waals surface area contributed by atoms with Crippen LogP contribution in [0.25, 0.3) is 0 Å². The van der Waals surface area contributed by atoms with Gasteiger partial charge in [-0.2, -0.15) is 5.26 Å². The van der Waals surface area contributed by atoms with Crippen LogP contribution in [0.4, 0.5) is 0 Å². The zero-order chi connectivity index (χ0) is 27.2. The third-order valence-electron chi connectivity index (χ3n) is 8.51. The van der Waals surface area contributed by atoms with E-state index in [1.54, 1.807) is 18.2 Å². The fourth-order valence-corrected chi connectivity index (χ4v) is 6.43. The second-order valence-electron chi connectivity index (χ2n) is 11.2. The highest BCUT2D eigenvalue weighted by Crippen LogP contribution is 2.58. The van der Waals surface area contributed by atoms with E-state index < -0.39 is 17.5 Å². The Labute approximate surface area is 222 Å². The molecule has 8 heteroatoms. The van der Waals surface area contributed by atoms with Gasteiger partial charge in [0.2, 0.25) is 0 Å². The number of hydrogen-bond acceptors (Lipinski definition) is 8. The van der Waals surface area contributed by atoms with Crippen LogP contribution in [0.15, 0.2) is 24.3 Å². The third-order valence-corrected chi connectivity index (χ3v) is 8.51. The van der Waals surface area contributed by atoms with Crippen LogP contribution in [0.5, 0.6) is 23.0 Å².